The molecule has 2 aromatic rings. The SMILES string of the molecule is Cc1cc(/C=C(/C#N)C(N)=O)c(C)n1-c1ccc(F)cc1. The van der Waals surface area contributed by atoms with Crippen molar-refractivity contribution in [1.82, 2.24) is 4.57 Å². The van der Waals surface area contributed by atoms with Gasteiger partial charge in [0.2, 0.25) is 0 Å². The second-order valence-corrected chi connectivity index (χ2v) is 4.67. The topological polar surface area (TPSA) is 71.8 Å². The van der Waals surface area contributed by atoms with Gasteiger partial charge in [-0.25, -0.2) is 4.39 Å². The first-order chi connectivity index (χ1) is 9.93. The molecule has 21 heavy (non-hydrogen) atoms. The highest BCUT2D eigenvalue weighted by atomic mass is 19.1. The molecule has 0 aliphatic rings. The number of aromatic nitrogens is 1. The summed E-state index contributed by atoms with van der Waals surface area (Å²) in [6, 6.07) is 9.73. The van der Waals surface area contributed by atoms with Gasteiger partial charge in [-0.1, -0.05) is 0 Å². The zero-order valence-corrected chi connectivity index (χ0v) is 11.7. The van der Waals surface area contributed by atoms with Crippen LogP contribution in [0.1, 0.15) is 17.0 Å². The van der Waals surface area contributed by atoms with Crippen molar-refractivity contribution in [2.24, 2.45) is 5.73 Å². The summed E-state index contributed by atoms with van der Waals surface area (Å²) in [6.07, 6.45) is 1.46. The van der Waals surface area contributed by atoms with Crippen LogP contribution in [0.25, 0.3) is 11.8 Å². The van der Waals surface area contributed by atoms with Crippen LogP contribution < -0.4 is 5.73 Å². The molecule has 1 heterocycles. The van der Waals surface area contributed by atoms with Crippen LogP contribution >= 0.6 is 0 Å². The van der Waals surface area contributed by atoms with Crippen molar-refractivity contribution in [3.8, 4) is 11.8 Å². The van der Waals surface area contributed by atoms with Gasteiger partial charge in [0.05, 0.1) is 0 Å². The molecule has 0 aliphatic heterocycles. The molecule has 1 amide bonds. The number of benzene rings is 1. The Labute approximate surface area is 121 Å². The largest absolute Gasteiger partial charge is 0.365 e. The van der Waals surface area contributed by atoms with Gasteiger partial charge in [-0.3, -0.25) is 4.79 Å². The molecule has 0 aliphatic carbocycles. The maximum Gasteiger partial charge on any atom is 0.259 e. The van der Waals surface area contributed by atoms with E-state index in [1.54, 1.807) is 18.2 Å². The molecule has 0 saturated carbocycles. The minimum absolute atomic E-state index is 0.102. The first-order valence-electron chi connectivity index (χ1n) is 6.30. The highest BCUT2D eigenvalue weighted by molar-refractivity contribution is 6.00. The number of hydrogen-bond acceptors (Lipinski definition) is 2. The molecule has 2 rings (SSSR count). The molecule has 1 aromatic heterocycles. The average Bonchev–Trinajstić information content (AvgIpc) is 2.71. The molecule has 0 spiro atoms. The fourth-order valence-corrected chi connectivity index (χ4v) is 2.24. The zero-order valence-electron chi connectivity index (χ0n) is 11.7. The molecule has 0 saturated heterocycles. The summed E-state index contributed by atoms with van der Waals surface area (Å²) in [5, 5.41) is 8.90. The number of aryl methyl sites for hydroxylation is 1. The Morgan fingerprint density at radius 3 is 2.48 bits per heavy atom. The Balaban J connectivity index is 2.55. The maximum absolute atomic E-state index is 13.0. The van der Waals surface area contributed by atoms with E-state index in [4.69, 9.17) is 11.0 Å². The number of nitrogens with zero attached hydrogens (tertiary/aromatic N) is 2. The van der Waals surface area contributed by atoms with Gasteiger partial charge in [-0.2, -0.15) is 5.26 Å². The molecule has 0 unspecified atom stereocenters. The van der Waals surface area contributed by atoms with E-state index >= 15 is 0 Å². The fraction of sp³-hybridized carbons (Fsp3) is 0.125. The van der Waals surface area contributed by atoms with Gasteiger partial charge in [0.15, 0.2) is 0 Å². The summed E-state index contributed by atoms with van der Waals surface area (Å²) in [4.78, 5) is 11.1. The number of rotatable bonds is 3. The molecular weight excluding hydrogens is 269 g/mol. The van der Waals surface area contributed by atoms with Gasteiger partial charge in [-0.05, 0) is 55.8 Å². The van der Waals surface area contributed by atoms with Crippen molar-refractivity contribution < 1.29 is 9.18 Å². The first kappa shape index (κ1) is 14.5. The molecule has 0 atom stereocenters. The lowest BCUT2D eigenvalue weighted by Gasteiger charge is -2.09. The van der Waals surface area contributed by atoms with E-state index in [1.165, 1.54) is 18.2 Å². The van der Waals surface area contributed by atoms with Crippen molar-refractivity contribution in [3.63, 3.8) is 0 Å². The van der Waals surface area contributed by atoms with Gasteiger partial charge < -0.3 is 10.3 Å². The van der Waals surface area contributed by atoms with E-state index < -0.39 is 5.91 Å². The second-order valence-electron chi connectivity index (χ2n) is 4.67. The molecule has 106 valence electrons. The van der Waals surface area contributed by atoms with Crippen LogP contribution in [0.2, 0.25) is 0 Å². The van der Waals surface area contributed by atoms with E-state index in [0.717, 1.165) is 22.6 Å². The highest BCUT2D eigenvalue weighted by Gasteiger charge is 2.11. The van der Waals surface area contributed by atoms with Crippen molar-refractivity contribution >= 4 is 12.0 Å². The van der Waals surface area contributed by atoms with Crippen LogP contribution in [-0.4, -0.2) is 10.5 Å². The van der Waals surface area contributed by atoms with Gasteiger partial charge in [-0.15, -0.1) is 0 Å². The second kappa shape index (κ2) is 5.63. The number of amides is 1. The summed E-state index contributed by atoms with van der Waals surface area (Å²) in [5.41, 5.74) is 8.33. The minimum Gasteiger partial charge on any atom is -0.365 e. The Morgan fingerprint density at radius 1 is 1.33 bits per heavy atom. The van der Waals surface area contributed by atoms with Crippen LogP contribution in [0.3, 0.4) is 0 Å². The van der Waals surface area contributed by atoms with Crippen LogP contribution in [0.4, 0.5) is 4.39 Å². The Kier molecular flexibility index (Phi) is 3.90. The standard InChI is InChI=1S/C16H14FN3O/c1-10-7-12(8-13(9-18)16(19)21)11(2)20(10)15-5-3-14(17)4-6-15/h3-8H,1-2H3,(H2,19,21)/b13-8-. The number of nitrogens with two attached hydrogens (primary N) is 1. The zero-order chi connectivity index (χ0) is 15.6. The third kappa shape index (κ3) is 2.84. The van der Waals surface area contributed by atoms with Gasteiger partial charge >= 0.3 is 0 Å². The lowest BCUT2D eigenvalue weighted by molar-refractivity contribution is -0.114. The summed E-state index contributed by atoms with van der Waals surface area (Å²) in [5.74, 6) is -1.06. The van der Waals surface area contributed by atoms with Crippen LogP contribution in [0.15, 0.2) is 35.9 Å². The average molecular weight is 283 g/mol. The summed E-state index contributed by atoms with van der Waals surface area (Å²) in [6.45, 7) is 3.75. The smallest absolute Gasteiger partial charge is 0.259 e. The number of primary amides is 1. The van der Waals surface area contributed by atoms with Crippen LogP contribution in [0, 0.1) is 31.0 Å². The predicted molar refractivity (Wildman–Crippen MR) is 78.0 cm³/mol. The Bertz CT molecular complexity index is 764. The van der Waals surface area contributed by atoms with Crippen LogP contribution in [0.5, 0.6) is 0 Å². The minimum atomic E-state index is -0.760. The van der Waals surface area contributed by atoms with Gasteiger partial charge in [0, 0.05) is 17.1 Å². The normalized spacial score (nSPS) is 11.2. The van der Waals surface area contributed by atoms with Gasteiger partial charge in [0.25, 0.3) is 5.91 Å². The van der Waals surface area contributed by atoms with E-state index in [-0.39, 0.29) is 11.4 Å². The van der Waals surface area contributed by atoms with E-state index in [9.17, 15) is 9.18 Å². The number of hydrogen-bond donors (Lipinski definition) is 1. The van der Waals surface area contributed by atoms with Crippen molar-refractivity contribution in [1.29, 1.82) is 5.26 Å². The summed E-state index contributed by atoms with van der Waals surface area (Å²) < 4.78 is 14.9. The molecule has 0 bridgehead atoms. The Hall–Kier alpha value is -2.87. The fourth-order valence-electron chi connectivity index (χ4n) is 2.24. The van der Waals surface area contributed by atoms with E-state index in [2.05, 4.69) is 0 Å². The number of nitriles is 1. The summed E-state index contributed by atoms with van der Waals surface area (Å²) in [7, 11) is 0. The summed E-state index contributed by atoms with van der Waals surface area (Å²) >= 11 is 0. The molecule has 0 radical (unpaired) electrons. The quantitative estimate of drug-likeness (QED) is 0.694. The van der Waals surface area contributed by atoms with Crippen molar-refractivity contribution in [2.75, 3.05) is 0 Å². The number of carbonyl (C=O) groups excluding carboxylic acids is 1. The van der Waals surface area contributed by atoms with E-state index in [1.807, 2.05) is 24.5 Å². The third-order valence-electron chi connectivity index (χ3n) is 3.24. The molecule has 0 fully saturated rings. The number of carbonyl (C=O) groups is 1. The molecular formula is C16H14FN3O. The molecule has 5 heteroatoms. The molecule has 4 nitrogen and oxygen atoms in total. The third-order valence-corrected chi connectivity index (χ3v) is 3.24. The molecule has 1 aromatic carbocycles. The van der Waals surface area contributed by atoms with E-state index in [0.29, 0.717) is 0 Å². The Morgan fingerprint density at radius 2 is 1.95 bits per heavy atom. The lowest BCUT2D eigenvalue weighted by atomic mass is 10.1. The molecule has 2 N–H and O–H groups in total. The monoisotopic (exact) mass is 283 g/mol. The van der Waals surface area contributed by atoms with Crippen molar-refractivity contribution in [3.05, 3.63) is 58.7 Å². The highest BCUT2D eigenvalue weighted by Crippen LogP contribution is 2.22. The lowest BCUT2D eigenvalue weighted by Crippen LogP contribution is -2.12. The number of halogens is 1. The first-order valence-corrected chi connectivity index (χ1v) is 6.30. The van der Waals surface area contributed by atoms with Crippen LogP contribution in [-0.2, 0) is 4.79 Å². The van der Waals surface area contributed by atoms with Crippen molar-refractivity contribution in [2.45, 2.75) is 13.8 Å². The van der Waals surface area contributed by atoms with Gasteiger partial charge in [0.1, 0.15) is 17.5 Å². The maximum atomic E-state index is 13.0. The predicted octanol–water partition coefficient (Wildman–Crippen LogP) is 2.63.